The van der Waals surface area contributed by atoms with Gasteiger partial charge in [0.25, 0.3) is 0 Å². The number of carbonyl (C=O) groups is 2. The fourth-order valence-electron chi connectivity index (χ4n) is 6.64. The summed E-state index contributed by atoms with van der Waals surface area (Å²) in [5, 5.41) is 0.892. The number of hydrogen-bond acceptors (Lipinski definition) is 9. The molecule has 2 saturated heterocycles. The standard InChI is InChI=1S/C37H41Cl2N7O4/c1-23-28(9-11-33(35(23)49-4)46-18-16-45(17-19-46)25(3)48)36-40-21-31(39)34(42-36)26-6-8-29(30(38)20-26)32-10-7-27(37(41-32)50-5)22-43-12-14-44(15-13-43)24(2)47/h6-11,20-21H,12-19,22H2,1-5H3. The second kappa shape index (κ2) is 15.2. The first kappa shape index (κ1) is 35.4. The van der Waals surface area contributed by atoms with Gasteiger partial charge >= 0.3 is 0 Å². The molecule has 262 valence electrons. The minimum Gasteiger partial charge on any atom is -0.494 e. The predicted octanol–water partition coefficient (Wildman–Crippen LogP) is 5.84. The molecule has 0 saturated carbocycles. The van der Waals surface area contributed by atoms with E-state index in [4.69, 9.17) is 42.6 Å². The van der Waals surface area contributed by atoms with Crippen LogP contribution in [0.2, 0.25) is 10.0 Å². The summed E-state index contributed by atoms with van der Waals surface area (Å²) in [6.45, 7) is 11.7. The van der Waals surface area contributed by atoms with Crippen molar-refractivity contribution in [3.05, 3.63) is 69.8 Å². The van der Waals surface area contributed by atoms with Gasteiger partial charge < -0.3 is 24.2 Å². The van der Waals surface area contributed by atoms with Crippen molar-refractivity contribution < 1.29 is 19.1 Å². The third kappa shape index (κ3) is 7.35. The van der Waals surface area contributed by atoms with Gasteiger partial charge in [-0.25, -0.2) is 15.0 Å². The van der Waals surface area contributed by atoms with Crippen LogP contribution in [0.5, 0.6) is 11.6 Å². The number of hydrogen-bond donors (Lipinski definition) is 0. The summed E-state index contributed by atoms with van der Waals surface area (Å²) in [7, 11) is 3.28. The van der Waals surface area contributed by atoms with Crippen molar-refractivity contribution in [1.29, 1.82) is 0 Å². The molecule has 11 nitrogen and oxygen atoms in total. The number of benzene rings is 2. The zero-order valence-corrected chi connectivity index (χ0v) is 30.5. The Morgan fingerprint density at radius 3 is 2.06 bits per heavy atom. The maximum atomic E-state index is 11.8. The molecular formula is C37H41Cl2N7O4. The first-order valence-electron chi connectivity index (χ1n) is 16.6. The average molecular weight is 719 g/mol. The summed E-state index contributed by atoms with van der Waals surface area (Å²) in [5.74, 6) is 2.00. The van der Waals surface area contributed by atoms with Crippen molar-refractivity contribution in [2.24, 2.45) is 0 Å². The molecule has 0 atom stereocenters. The SMILES string of the molecule is COc1nc(-c2ccc(-c3nc(-c4ccc(N5CCN(C(C)=O)CC5)c(OC)c4C)ncc3Cl)cc2Cl)ccc1CN1CCN(C(C)=O)CC1. The van der Waals surface area contributed by atoms with Gasteiger partial charge in [-0.1, -0.05) is 41.4 Å². The van der Waals surface area contributed by atoms with E-state index in [1.807, 2.05) is 59.2 Å². The van der Waals surface area contributed by atoms with Crippen LogP contribution in [0, 0.1) is 6.92 Å². The first-order valence-corrected chi connectivity index (χ1v) is 17.4. The van der Waals surface area contributed by atoms with Gasteiger partial charge in [0.05, 0.1) is 47.5 Å². The second-order valence-corrected chi connectivity index (χ2v) is 13.3. The van der Waals surface area contributed by atoms with E-state index in [1.165, 1.54) is 0 Å². The molecule has 50 heavy (non-hydrogen) atoms. The van der Waals surface area contributed by atoms with Crippen LogP contribution in [0.4, 0.5) is 5.69 Å². The smallest absolute Gasteiger partial charge is 0.219 e. The van der Waals surface area contributed by atoms with Crippen molar-refractivity contribution in [3.63, 3.8) is 0 Å². The molecule has 0 aliphatic carbocycles. The third-order valence-corrected chi connectivity index (χ3v) is 10.1. The first-order chi connectivity index (χ1) is 24.1. The number of halogens is 2. The Balaban J connectivity index is 1.23. The van der Waals surface area contributed by atoms with Crippen LogP contribution >= 0.6 is 23.2 Å². The number of methoxy groups -OCH3 is 2. The van der Waals surface area contributed by atoms with Crippen molar-refractivity contribution in [3.8, 4) is 45.5 Å². The molecule has 2 aromatic carbocycles. The predicted molar refractivity (Wildman–Crippen MR) is 196 cm³/mol. The lowest BCUT2D eigenvalue weighted by molar-refractivity contribution is -0.131. The number of piperazine rings is 2. The molecule has 13 heteroatoms. The van der Waals surface area contributed by atoms with Gasteiger partial charge in [-0.3, -0.25) is 14.5 Å². The zero-order valence-electron chi connectivity index (χ0n) is 29.0. The lowest BCUT2D eigenvalue weighted by Gasteiger charge is -2.36. The van der Waals surface area contributed by atoms with E-state index in [2.05, 4.69) is 14.8 Å². The molecule has 0 bridgehead atoms. The number of ether oxygens (including phenoxy) is 2. The minimum atomic E-state index is 0.0922. The maximum Gasteiger partial charge on any atom is 0.219 e. The summed E-state index contributed by atoms with van der Waals surface area (Å²) >= 11 is 13.6. The average Bonchev–Trinajstić information content (AvgIpc) is 3.12. The largest absolute Gasteiger partial charge is 0.494 e. The molecule has 2 fully saturated rings. The highest BCUT2D eigenvalue weighted by Gasteiger charge is 2.25. The molecule has 6 rings (SSSR count). The molecule has 2 aliphatic heterocycles. The highest BCUT2D eigenvalue weighted by Crippen LogP contribution is 2.39. The highest BCUT2D eigenvalue weighted by molar-refractivity contribution is 6.34. The fraction of sp³-hybridized carbons (Fsp3) is 0.378. The Kier molecular flexibility index (Phi) is 10.8. The topological polar surface area (TPSA) is 104 Å². The molecule has 2 aliphatic rings. The Hall–Kier alpha value is -4.45. The summed E-state index contributed by atoms with van der Waals surface area (Å²) in [6, 6.07) is 13.7. The summed E-state index contributed by atoms with van der Waals surface area (Å²) in [4.78, 5) is 46.1. The Morgan fingerprint density at radius 1 is 0.780 bits per heavy atom. The van der Waals surface area contributed by atoms with Gasteiger partial charge in [0, 0.05) is 101 Å². The Bertz CT molecular complexity index is 1910. The van der Waals surface area contributed by atoms with E-state index in [9.17, 15) is 9.59 Å². The lowest BCUT2D eigenvalue weighted by Crippen LogP contribution is -2.48. The van der Waals surface area contributed by atoms with Crippen molar-refractivity contribution in [2.75, 3.05) is 71.5 Å². The third-order valence-electron chi connectivity index (χ3n) is 9.50. The van der Waals surface area contributed by atoms with Gasteiger partial charge in [-0.15, -0.1) is 0 Å². The van der Waals surface area contributed by atoms with Gasteiger partial charge in [-0.05, 0) is 31.2 Å². The monoisotopic (exact) mass is 717 g/mol. The van der Waals surface area contributed by atoms with E-state index in [0.717, 1.165) is 65.4 Å². The number of amides is 2. The van der Waals surface area contributed by atoms with E-state index in [1.54, 1.807) is 34.3 Å². The number of anilines is 1. The molecule has 2 aromatic heterocycles. The maximum absolute atomic E-state index is 11.8. The minimum absolute atomic E-state index is 0.0922. The van der Waals surface area contributed by atoms with Gasteiger partial charge in [-0.2, -0.15) is 0 Å². The normalized spacial score (nSPS) is 15.3. The molecule has 4 heterocycles. The molecular weight excluding hydrogens is 677 g/mol. The van der Waals surface area contributed by atoms with E-state index < -0.39 is 0 Å². The van der Waals surface area contributed by atoms with Crippen LogP contribution in [0.15, 0.2) is 48.7 Å². The van der Waals surface area contributed by atoms with Crippen LogP contribution in [0.25, 0.3) is 33.9 Å². The molecule has 0 N–H and O–H groups in total. The van der Waals surface area contributed by atoms with Gasteiger partial charge in [0.15, 0.2) is 5.82 Å². The second-order valence-electron chi connectivity index (χ2n) is 12.5. The Morgan fingerprint density at radius 2 is 1.44 bits per heavy atom. The van der Waals surface area contributed by atoms with Crippen molar-refractivity contribution in [1.82, 2.24) is 29.7 Å². The van der Waals surface area contributed by atoms with Crippen LogP contribution in [0.1, 0.15) is 25.0 Å². The van der Waals surface area contributed by atoms with Crippen LogP contribution in [-0.2, 0) is 16.1 Å². The summed E-state index contributed by atoms with van der Waals surface area (Å²) in [6.07, 6.45) is 1.60. The number of rotatable bonds is 8. The van der Waals surface area contributed by atoms with E-state index >= 15 is 0 Å². The molecule has 4 aromatic rings. The zero-order chi connectivity index (χ0) is 35.5. The van der Waals surface area contributed by atoms with Gasteiger partial charge in [0.1, 0.15) is 5.75 Å². The van der Waals surface area contributed by atoms with Crippen LogP contribution in [0.3, 0.4) is 0 Å². The molecule has 2 amide bonds. The summed E-state index contributed by atoms with van der Waals surface area (Å²) in [5.41, 5.74) is 6.40. The molecule has 0 unspecified atom stereocenters. The summed E-state index contributed by atoms with van der Waals surface area (Å²) < 4.78 is 11.6. The molecule has 0 radical (unpaired) electrons. The highest BCUT2D eigenvalue weighted by atomic mass is 35.5. The Labute approximate surface area is 302 Å². The fourth-order valence-corrected chi connectivity index (χ4v) is 7.11. The van der Waals surface area contributed by atoms with Crippen molar-refractivity contribution in [2.45, 2.75) is 27.3 Å². The van der Waals surface area contributed by atoms with Crippen molar-refractivity contribution >= 4 is 40.7 Å². The van der Waals surface area contributed by atoms with E-state index in [0.29, 0.717) is 65.9 Å². The van der Waals surface area contributed by atoms with Crippen LogP contribution in [-0.4, -0.2) is 108 Å². The lowest BCUT2D eigenvalue weighted by atomic mass is 10.0. The van der Waals surface area contributed by atoms with Crippen LogP contribution < -0.4 is 14.4 Å². The number of pyridine rings is 1. The number of aromatic nitrogens is 3. The van der Waals surface area contributed by atoms with E-state index in [-0.39, 0.29) is 11.8 Å². The van der Waals surface area contributed by atoms with Gasteiger partial charge in [0.2, 0.25) is 17.7 Å². The quantitative estimate of drug-likeness (QED) is 0.223. The number of carbonyl (C=O) groups excluding carboxylic acids is 2. The molecule has 0 spiro atoms. The number of nitrogens with zero attached hydrogens (tertiary/aromatic N) is 7.